The molecule has 3 heterocycles. The van der Waals surface area contributed by atoms with Crippen LogP contribution in [0.2, 0.25) is 0 Å². The van der Waals surface area contributed by atoms with Crippen molar-refractivity contribution >= 4 is 28.9 Å². The Morgan fingerprint density at radius 2 is 2.00 bits per heavy atom. The first-order valence-electron chi connectivity index (χ1n) is 10.2. The van der Waals surface area contributed by atoms with Crippen molar-refractivity contribution in [1.82, 2.24) is 19.9 Å². The van der Waals surface area contributed by atoms with Gasteiger partial charge in [0.2, 0.25) is 0 Å². The van der Waals surface area contributed by atoms with Crippen LogP contribution in [0.25, 0.3) is 28.5 Å². The van der Waals surface area contributed by atoms with Crippen LogP contribution in [0.4, 0.5) is 10.2 Å². The number of nitrogens with one attached hydrogen (secondary N) is 2. The molecule has 0 spiro atoms. The first-order chi connectivity index (χ1) is 14.5. The van der Waals surface area contributed by atoms with Crippen LogP contribution in [-0.2, 0) is 4.79 Å². The summed E-state index contributed by atoms with van der Waals surface area (Å²) in [5, 5.41) is 13.9. The zero-order valence-corrected chi connectivity index (χ0v) is 16.3. The Kier molecular flexibility index (Phi) is 4.49. The summed E-state index contributed by atoms with van der Waals surface area (Å²) in [6.45, 7) is 3.84. The topological polar surface area (TPSA) is 104 Å². The minimum Gasteiger partial charge on any atom is -0.481 e. The minimum absolute atomic E-state index is 0.182. The highest BCUT2D eigenvalue weighted by atomic mass is 19.1. The monoisotopic (exact) mass is 407 g/mol. The molecule has 2 bridgehead atoms. The zero-order chi connectivity index (χ0) is 20.8. The first-order valence-corrected chi connectivity index (χ1v) is 10.2. The normalized spacial score (nSPS) is 25.4. The quantitative estimate of drug-likeness (QED) is 0.588. The molecule has 3 aliphatic rings. The van der Waals surface area contributed by atoms with E-state index in [4.69, 9.17) is 0 Å². The van der Waals surface area contributed by atoms with E-state index in [1.165, 1.54) is 6.07 Å². The van der Waals surface area contributed by atoms with Gasteiger partial charge >= 0.3 is 5.97 Å². The minimum atomic E-state index is -0.755. The largest absolute Gasteiger partial charge is 0.481 e. The van der Waals surface area contributed by atoms with Crippen LogP contribution < -0.4 is 5.32 Å². The molecule has 8 heteroatoms. The van der Waals surface area contributed by atoms with E-state index >= 15 is 0 Å². The van der Waals surface area contributed by atoms with E-state index in [1.54, 1.807) is 18.5 Å². The molecule has 0 amide bonds. The van der Waals surface area contributed by atoms with Gasteiger partial charge in [0.05, 0.1) is 12.1 Å². The highest BCUT2D eigenvalue weighted by Gasteiger charge is 2.47. The smallest absolute Gasteiger partial charge is 0.308 e. The summed E-state index contributed by atoms with van der Waals surface area (Å²) >= 11 is 0. The highest BCUT2D eigenvalue weighted by molar-refractivity contribution is 5.91. The van der Waals surface area contributed by atoms with Crippen molar-refractivity contribution < 1.29 is 14.3 Å². The number of aromatic amines is 1. The van der Waals surface area contributed by atoms with Gasteiger partial charge in [0.25, 0.3) is 0 Å². The Labute approximate surface area is 172 Å². The van der Waals surface area contributed by atoms with Crippen molar-refractivity contribution in [2.24, 2.45) is 17.8 Å². The van der Waals surface area contributed by atoms with Gasteiger partial charge < -0.3 is 15.4 Å². The number of carboxylic acids is 1. The molecule has 0 saturated heterocycles. The Morgan fingerprint density at radius 1 is 1.23 bits per heavy atom. The van der Waals surface area contributed by atoms with Crippen molar-refractivity contribution in [3.05, 3.63) is 42.6 Å². The fraction of sp³-hybridized carbons (Fsp3) is 0.364. The molecule has 3 aliphatic carbocycles. The lowest BCUT2D eigenvalue weighted by Crippen LogP contribution is -2.51. The number of hydrogen-bond acceptors (Lipinski definition) is 5. The predicted molar refractivity (Wildman–Crippen MR) is 111 cm³/mol. The molecule has 3 fully saturated rings. The van der Waals surface area contributed by atoms with Gasteiger partial charge in [-0.25, -0.2) is 19.3 Å². The van der Waals surface area contributed by atoms with Crippen molar-refractivity contribution in [3.63, 3.8) is 0 Å². The lowest BCUT2D eigenvalue weighted by molar-refractivity contribution is -0.148. The van der Waals surface area contributed by atoms with Crippen LogP contribution in [0.1, 0.15) is 31.2 Å². The molecule has 0 aliphatic heterocycles. The average Bonchev–Trinajstić information content (AvgIpc) is 3.17. The van der Waals surface area contributed by atoms with Crippen LogP contribution in [0.5, 0.6) is 0 Å². The van der Waals surface area contributed by atoms with E-state index in [0.29, 0.717) is 39.7 Å². The Bertz CT molecular complexity index is 1140. The lowest BCUT2D eigenvalue weighted by atomic mass is 9.61. The summed E-state index contributed by atoms with van der Waals surface area (Å²) in [5.74, 6) is -0.159. The van der Waals surface area contributed by atoms with Crippen molar-refractivity contribution in [1.29, 1.82) is 0 Å². The fourth-order valence-electron chi connectivity index (χ4n) is 5.12. The van der Waals surface area contributed by atoms with E-state index in [0.717, 1.165) is 31.9 Å². The molecular weight excluding hydrogens is 385 g/mol. The van der Waals surface area contributed by atoms with Gasteiger partial charge in [0, 0.05) is 34.9 Å². The molecule has 7 nitrogen and oxygen atoms in total. The molecule has 0 aromatic carbocycles. The second-order valence-corrected chi connectivity index (χ2v) is 8.16. The summed E-state index contributed by atoms with van der Waals surface area (Å²) in [6, 6.07) is 1.21. The number of anilines is 1. The average molecular weight is 407 g/mol. The van der Waals surface area contributed by atoms with Gasteiger partial charge in [0.1, 0.15) is 17.3 Å². The van der Waals surface area contributed by atoms with Gasteiger partial charge in [-0.3, -0.25) is 4.79 Å². The Morgan fingerprint density at radius 3 is 2.73 bits per heavy atom. The SMILES string of the molecule is C=Cc1cnc(-c2c[nH]c3ncc(F)cc23)nc1NC1C2CCC(CC2)C1C(=O)O. The van der Waals surface area contributed by atoms with E-state index < -0.39 is 17.7 Å². The molecule has 3 aromatic rings. The summed E-state index contributed by atoms with van der Waals surface area (Å²) < 4.78 is 13.7. The third-order valence-corrected chi connectivity index (χ3v) is 6.58. The van der Waals surface area contributed by atoms with Gasteiger partial charge in [-0.1, -0.05) is 12.7 Å². The maximum absolute atomic E-state index is 13.7. The molecule has 154 valence electrons. The molecule has 0 radical (unpaired) electrons. The van der Waals surface area contributed by atoms with Crippen LogP contribution in [0.15, 0.2) is 31.2 Å². The van der Waals surface area contributed by atoms with E-state index in [-0.39, 0.29) is 12.0 Å². The summed E-state index contributed by atoms with van der Waals surface area (Å²) in [5.41, 5.74) is 1.89. The predicted octanol–water partition coefficient (Wildman–Crippen LogP) is 4.10. The lowest BCUT2D eigenvalue weighted by Gasteiger charge is -2.47. The number of aromatic nitrogens is 4. The highest BCUT2D eigenvalue weighted by Crippen LogP contribution is 2.46. The molecule has 2 unspecified atom stereocenters. The maximum atomic E-state index is 13.7. The van der Waals surface area contributed by atoms with Gasteiger partial charge in [-0.2, -0.15) is 0 Å². The zero-order valence-electron chi connectivity index (χ0n) is 16.3. The van der Waals surface area contributed by atoms with Crippen molar-refractivity contribution in [3.8, 4) is 11.4 Å². The number of nitrogens with zero attached hydrogens (tertiary/aromatic N) is 3. The second kappa shape index (κ2) is 7.19. The number of rotatable bonds is 5. The molecule has 3 aromatic heterocycles. The Hall–Kier alpha value is -3.29. The van der Waals surface area contributed by atoms with Crippen molar-refractivity contribution in [2.75, 3.05) is 5.32 Å². The first kappa shape index (κ1) is 18.7. The van der Waals surface area contributed by atoms with Crippen molar-refractivity contribution in [2.45, 2.75) is 31.7 Å². The number of fused-ring (bicyclic) bond motifs is 4. The number of halogens is 1. The van der Waals surface area contributed by atoms with E-state index in [2.05, 4.69) is 31.8 Å². The number of carbonyl (C=O) groups is 1. The molecular formula is C22H22FN5O2. The third kappa shape index (κ3) is 3.03. The molecule has 3 N–H and O–H groups in total. The third-order valence-electron chi connectivity index (χ3n) is 6.58. The van der Waals surface area contributed by atoms with Crippen LogP contribution in [0.3, 0.4) is 0 Å². The van der Waals surface area contributed by atoms with E-state index in [1.807, 2.05) is 0 Å². The van der Waals surface area contributed by atoms with Crippen LogP contribution in [-0.4, -0.2) is 37.1 Å². The standard InChI is InChI=1S/C22H22FN5O2/c1-2-11-8-24-21(16-10-26-20-15(16)7-14(23)9-25-20)28-19(11)27-18-13-5-3-12(4-6-13)17(18)22(29)30/h2,7-10,12-13,17-18H,1,3-6H2,(H,25,26)(H,29,30)(H,24,27,28). The molecule has 6 rings (SSSR count). The molecule has 30 heavy (non-hydrogen) atoms. The second-order valence-electron chi connectivity index (χ2n) is 8.16. The van der Waals surface area contributed by atoms with Gasteiger partial charge in [-0.15, -0.1) is 0 Å². The number of pyridine rings is 1. The molecule has 3 saturated carbocycles. The Balaban J connectivity index is 1.54. The van der Waals surface area contributed by atoms with Crippen LogP contribution >= 0.6 is 0 Å². The summed E-state index contributed by atoms with van der Waals surface area (Å²) in [4.78, 5) is 28.2. The van der Waals surface area contributed by atoms with Crippen LogP contribution in [0, 0.1) is 23.6 Å². The number of carboxylic acid groups (broad SMARTS) is 1. The summed E-state index contributed by atoms with van der Waals surface area (Å²) in [6.07, 6.45) is 10.2. The summed E-state index contributed by atoms with van der Waals surface area (Å²) in [7, 11) is 0. The van der Waals surface area contributed by atoms with E-state index in [9.17, 15) is 14.3 Å². The fourth-order valence-corrected chi connectivity index (χ4v) is 5.12. The maximum Gasteiger partial charge on any atom is 0.308 e. The van der Waals surface area contributed by atoms with Gasteiger partial charge in [-0.05, 0) is 43.6 Å². The molecule has 2 atom stereocenters. The van der Waals surface area contributed by atoms with Gasteiger partial charge in [0.15, 0.2) is 5.82 Å². The number of hydrogen-bond donors (Lipinski definition) is 3. The number of aliphatic carboxylic acids is 1. The number of H-pyrrole nitrogens is 1.